The lowest BCUT2D eigenvalue weighted by Gasteiger charge is -2.16. The van der Waals surface area contributed by atoms with Gasteiger partial charge in [-0.05, 0) is 49.6 Å². The van der Waals surface area contributed by atoms with Crippen LogP contribution in [0.1, 0.15) is 22.3 Å². The maximum atomic E-state index is 7.62. The Morgan fingerprint density at radius 2 is 1.75 bits per heavy atom. The van der Waals surface area contributed by atoms with Crippen LogP contribution in [-0.4, -0.2) is 5.84 Å². The zero-order chi connectivity index (χ0) is 14.9. The molecule has 0 fully saturated rings. The molecule has 3 N–H and O–H groups in total. The quantitative estimate of drug-likeness (QED) is 0.652. The molecule has 0 unspecified atom stereocenters. The molecule has 0 bridgehead atoms. The Balaban J connectivity index is 2.53. The zero-order valence-corrected chi connectivity index (χ0v) is 12.5. The van der Waals surface area contributed by atoms with Gasteiger partial charge in [-0.1, -0.05) is 23.7 Å². The highest BCUT2D eigenvalue weighted by atomic mass is 35.5. The van der Waals surface area contributed by atoms with Gasteiger partial charge in [0.05, 0.1) is 5.56 Å². The molecule has 2 rings (SSSR count). The predicted molar refractivity (Wildman–Crippen MR) is 83.2 cm³/mol. The number of nitrogens with one attached hydrogen (secondary N) is 1. The fourth-order valence-corrected chi connectivity index (χ4v) is 2.16. The van der Waals surface area contributed by atoms with E-state index in [1.54, 1.807) is 18.2 Å². The lowest BCUT2D eigenvalue weighted by atomic mass is 10.1. The third kappa shape index (κ3) is 2.78. The summed E-state index contributed by atoms with van der Waals surface area (Å²) in [6, 6.07) is 9.14. The summed E-state index contributed by atoms with van der Waals surface area (Å²) in [4.78, 5) is 0. The van der Waals surface area contributed by atoms with Gasteiger partial charge in [0.25, 0.3) is 0 Å². The number of aryl methyl sites for hydroxylation is 2. The van der Waals surface area contributed by atoms with Crippen LogP contribution < -0.4 is 10.5 Å². The Kier molecular flexibility index (Phi) is 4.00. The Labute approximate surface area is 123 Å². The summed E-state index contributed by atoms with van der Waals surface area (Å²) in [7, 11) is 0. The van der Waals surface area contributed by atoms with E-state index in [2.05, 4.69) is 6.07 Å². The van der Waals surface area contributed by atoms with E-state index in [0.29, 0.717) is 16.3 Å². The molecule has 0 aliphatic heterocycles. The number of rotatable bonds is 3. The number of hydrogen-bond acceptors (Lipinski definition) is 2. The van der Waals surface area contributed by atoms with E-state index in [4.69, 9.17) is 27.5 Å². The number of halogens is 1. The van der Waals surface area contributed by atoms with Crippen LogP contribution in [0.15, 0.2) is 30.3 Å². The molecule has 0 aromatic heterocycles. The lowest BCUT2D eigenvalue weighted by molar-refractivity contribution is 0.473. The van der Waals surface area contributed by atoms with E-state index in [9.17, 15) is 0 Å². The third-order valence-corrected chi connectivity index (χ3v) is 3.55. The number of nitrogen functional groups attached to an aromatic ring is 1. The van der Waals surface area contributed by atoms with Crippen molar-refractivity contribution in [2.24, 2.45) is 5.73 Å². The first-order valence-corrected chi connectivity index (χ1v) is 6.66. The van der Waals surface area contributed by atoms with E-state index in [-0.39, 0.29) is 5.84 Å². The smallest absolute Gasteiger partial charge is 0.139 e. The molecule has 0 heterocycles. The van der Waals surface area contributed by atoms with E-state index >= 15 is 0 Å². The van der Waals surface area contributed by atoms with Crippen LogP contribution in [0.5, 0.6) is 11.5 Å². The molecule has 2 aromatic rings. The summed E-state index contributed by atoms with van der Waals surface area (Å²) in [5.74, 6) is 1.25. The average Bonchev–Trinajstić information content (AvgIpc) is 2.39. The summed E-state index contributed by atoms with van der Waals surface area (Å²) >= 11 is 6.01. The minimum absolute atomic E-state index is 0.0420. The van der Waals surface area contributed by atoms with Crippen LogP contribution in [0.4, 0.5) is 0 Å². The number of amidine groups is 1. The Bertz CT molecular complexity index is 680. The van der Waals surface area contributed by atoms with Crippen molar-refractivity contribution in [2.75, 3.05) is 0 Å². The first-order valence-electron chi connectivity index (χ1n) is 6.28. The number of ether oxygens (including phenoxy) is 1. The number of benzene rings is 2. The Morgan fingerprint density at radius 3 is 2.40 bits per heavy atom. The molecule has 0 radical (unpaired) electrons. The van der Waals surface area contributed by atoms with E-state index in [1.807, 2.05) is 26.8 Å². The topological polar surface area (TPSA) is 59.1 Å². The van der Waals surface area contributed by atoms with Crippen molar-refractivity contribution < 1.29 is 4.74 Å². The highest BCUT2D eigenvalue weighted by molar-refractivity contribution is 6.30. The lowest BCUT2D eigenvalue weighted by Crippen LogP contribution is -2.12. The molecule has 0 aliphatic rings. The van der Waals surface area contributed by atoms with Gasteiger partial charge in [0.1, 0.15) is 17.3 Å². The van der Waals surface area contributed by atoms with Crippen LogP contribution in [0.25, 0.3) is 0 Å². The van der Waals surface area contributed by atoms with Crippen LogP contribution in [-0.2, 0) is 0 Å². The minimum atomic E-state index is -0.0420. The van der Waals surface area contributed by atoms with Gasteiger partial charge >= 0.3 is 0 Å². The molecule has 0 saturated heterocycles. The molecule has 0 saturated carbocycles. The second kappa shape index (κ2) is 5.55. The van der Waals surface area contributed by atoms with E-state index in [1.165, 1.54) is 0 Å². The van der Waals surface area contributed by atoms with Crippen LogP contribution in [0.3, 0.4) is 0 Å². The SMILES string of the molecule is Cc1ccc(C)c(Oc2cc(Cl)ccc2C(=N)N)c1C. The summed E-state index contributed by atoms with van der Waals surface area (Å²) in [6.45, 7) is 6.03. The first-order chi connectivity index (χ1) is 9.40. The summed E-state index contributed by atoms with van der Waals surface area (Å²) in [6.07, 6.45) is 0. The second-order valence-electron chi connectivity index (χ2n) is 4.81. The monoisotopic (exact) mass is 288 g/mol. The van der Waals surface area contributed by atoms with E-state index < -0.39 is 0 Å². The maximum absolute atomic E-state index is 7.62. The molecule has 0 aliphatic carbocycles. The fourth-order valence-electron chi connectivity index (χ4n) is 2.00. The van der Waals surface area contributed by atoms with Gasteiger partial charge in [-0.25, -0.2) is 0 Å². The maximum Gasteiger partial charge on any atom is 0.139 e. The Morgan fingerprint density at radius 1 is 1.10 bits per heavy atom. The van der Waals surface area contributed by atoms with Gasteiger partial charge in [0, 0.05) is 11.1 Å². The number of hydrogen-bond donors (Lipinski definition) is 2. The fraction of sp³-hybridized carbons (Fsp3) is 0.188. The van der Waals surface area contributed by atoms with Gasteiger partial charge in [-0.15, -0.1) is 0 Å². The molecule has 3 nitrogen and oxygen atoms in total. The van der Waals surface area contributed by atoms with Crippen molar-refractivity contribution in [3.63, 3.8) is 0 Å². The molecular formula is C16H17ClN2O. The molecule has 0 spiro atoms. The Hall–Kier alpha value is -2.00. The van der Waals surface area contributed by atoms with Gasteiger partial charge in [-0.2, -0.15) is 0 Å². The second-order valence-corrected chi connectivity index (χ2v) is 5.25. The van der Waals surface area contributed by atoms with Crippen molar-refractivity contribution in [1.82, 2.24) is 0 Å². The molecule has 0 amide bonds. The standard InChI is InChI=1S/C16H17ClN2O/c1-9-4-5-10(2)15(11(9)3)20-14-8-12(17)6-7-13(14)16(18)19/h4-8H,1-3H3,(H3,18,19). The molecule has 2 aromatic carbocycles. The zero-order valence-electron chi connectivity index (χ0n) is 11.8. The third-order valence-electron chi connectivity index (χ3n) is 3.32. The van der Waals surface area contributed by atoms with Crippen molar-refractivity contribution in [1.29, 1.82) is 5.41 Å². The van der Waals surface area contributed by atoms with Gasteiger partial charge in [0.15, 0.2) is 0 Å². The van der Waals surface area contributed by atoms with Crippen molar-refractivity contribution in [2.45, 2.75) is 20.8 Å². The normalized spacial score (nSPS) is 10.4. The highest BCUT2D eigenvalue weighted by Gasteiger charge is 2.12. The molecule has 104 valence electrons. The average molecular weight is 289 g/mol. The first kappa shape index (κ1) is 14.4. The number of nitrogens with two attached hydrogens (primary N) is 1. The van der Waals surface area contributed by atoms with Crippen molar-refractivity contribution >= 4 is 17.4 Å². The summed E-state index contributed by atoms with van der Waals surface area (Å²) < 4.78 is 5.99. The summed E-state index contributed by atoms with van der Waals surface area (Å²) in [5, 5.41) is 8.17. The van der Waals surface area contributed by atoms with Gasteiger partial charge in [-0.3, -0.25) is 5.41 Å². The largest absolute Gasteiger partial charge is 0.456 e. The van der Waals surface area contributed by atoms with Gasteiger partial charge < -0.3 is 10.5 Å². The molecule has 4 heteroatoms. The van der Waals surface area contributed by atoms with Crippen molar-refractivity contribution in [3.8, 4) is 11.5 Å². The molecule has 20 heavy (non-hydrogen) atoms. The molecular weight excluding hydrogens is 272 g/mol. The van der Waals surface area contributed by atoms with E-state index in [0.717, 1.165) is 22.4 Å². The van der Waals surface area contributed by atoms with Crippen LogP contribution in [0, 0.1) is 26.2 Å². The van der Waals surface area contributed by atoms with Gasteiger partial charge in [0.2, 0.25) is 0 Å². The minimum Gasteiger partial charge on any atom is -0.456 e. The summed E-state index contributed by atoms with van der Waals surface area (Å²) in [5.41, 5.74) is 9.37. The van der Waals surface area contributed by atoms with Crippen LogP contribution >= 0.6 is 11.6 Å². The van der Waals surface area contributed by atoms with Crippen molar-refractivity contribution in [3.05, 3.63) is 57.6 Å². The molecule has 0 atom stereocenters. The van der Waals surface area contributed by atoms with Crippen LogP contribution in [0.2, 0.25) is 5.02 Å². The highest BCUT2D eigenvalue weighted by Crippen LogP contribution is 2.33. The predicted octanol–water partition coefficient (Wildman–Crippen LogP) is 4.34.